The van der Waals surface area contributed by atoms with E-state index in [0.29, 0.717) is 16.8 Å². The van der Waals surface area contributed by atoms with E-state index in [1.165, 1.54) is 22.8 Å². The number of carboxylic acid groups (broad SMARTS) is 1. The Labute approximate surface area is 143 Å². The zero-order valence-electron chi connectivity index (χ0n) is 14.0. The SMILES string of the molecule is Cc1cc2c(c(=O)n1C)-c1ccc(F)cc1C(C)C(=O)N2CC(=O)O. The molecule has 2 aromatic rings. The molecule has 0 bridgehead atoms. The van der Waals surface area contributed by atoms with E-state index in [-0.39, 0.29) is 16.8 Å². The summed E-state index contributed by atoms with van der Waals surface area (Å²) in [6, 6.07) is 5.54. The minimum Gasteiger partial charge on any atom is -0.480 e. The van der Waals surface area contributed by atoms with Gasteiger partial charge in [0.1, 0.15) is 12.4 Å². The molecule has 7 heteroatoms. The van der Waals surface area contributed by atoms with Crippen molar-refractivity contribution in [3.05, 3.63) is 51.7 Å². The van der Waals surface area contributed by atoms with Crippen LogP contribution in [0.1, 0.15) is 24.1 Å². The molecule has 130 valence electrons. The Balaban J connectivity index is 2.44. The fourth-order valence-electron chi connectivity index (χ4n) is 3.17. The summed E-state index contributed by atoms with van der Waals surface area (Å²) in [7, 11) is 1.60. The average Bonchev–Trinajstić information content (AvgIpc) is 2.63. The van der Waals surface area contributed by atoms with E-state index >= 15 is 0 Å². The van der Waals surface area contributed by atoms with Gasteiger partial charge in [0.25, 0.3) is 5.56 Å². The topological polar surface area (TPSA) is 79.6 Å². The van der Waals surface area contributed by atoms with Gasteiger partial charge in [-0.2, -0.15) is 0 Å². The minimum absolute atomic E-state index is 0.210. The second kappa shape index (κ2) is 5.84. The van der Waals surface area contributed by atoms with Crippen molar-refractivity contribution in [1.82, 2.24) is 4.57 Å². The van der Waals surface area contributed by atoms with Crippen molar-refractivity contribution >= 4 is 17.6 Å². The van der Waals surface area contributed by atoms with Crippen molar-refractivity contribution in [2.45, 2.75) is 19.8 Å². The van der Waals surface area contributed by atoms with Crippen LogP contribution in [0.2, 0.25) is 0 Å². The lowest BCUT2D eigenvalue weighted by Gasteiger charge is -2.23. The van der Waals surface area contributed by atoms with E-state index in [9.17, 15) is 23.9 Å². The van der Waals surface area contributed by atoms with Crippen LogP contribution in [0.3, 0.4) is 0 Å². The number of nitrogens with zero attached hydrogens (tertiary/aromatic N) is 2. The van der Waals surface area contributed by atoms with Gasteiger partial charge in [0, 0.05) is 12.7 Å². The molecule has 25 heavy (non-hydrogen) atoms. The molecule has 1 atom stereocenters. The molecular weight excluding hydrogens is 327 g/mol. The van der Waals surface area contributed by atoms with Crippen molar-refractivity contribution in [3.63, 3.8) is 0 Å². The van der Waals surface area contributed by atoms with Gasteiger partial charge in [-0.15, -0.1) is 0 Å². The molecule has 1 unspecified atom stereocenters. The highest BCUT2D eigenvalue weighted by atomic mass is 19.1. The van der Waals surface area contributed by atoms with Gasteiger partial charge >= 0.3 is 5.97 Å². The second-order valence-electron chi connectivity index (χ2n) is 6.18. The number of rotatable bonds is 2. The van der Waals surface area contributed by atoms with Crippen LogP contribution in [0.5, 0.6) is 0 Å². The fourth-order valence-corrected chi connectivity index (χ4v) is 3.17. The van der Waals surface area contributed by atoms with Crippen LogP contribution in [0.15, 0.2) is 29.1 Å². The van der Waals surface area contributed by atoms with Gasteiger partial charge in [0.15, 0.2) is 0 Å². The van der Waals surface area contributed by atoms with Crippen molar-refractivity contribution in [3.8, 4) is 11.1 Å². The Bertz CT molecular complexity index is 964. The average molecular weight is 344 g/mol. The zero-order chi connectivity index (χ0) is 18.5. The van der Waals surface area contributed by atoms with Crippen LogP contribution >= 0.6 is 0 Å². The van der Waals surface area contributed by atoms with Crippen LogP contribution in [-0.4, -0.2) is 28.1 Å². The molecule has 1 amide bonds. The highest BCUT2D eigenvalue weighted by Gasteiger charge is 2.34. The first-order valence-corrected chi connectivity index (χ1v) is 7.76. The molecule has 0 spiro atoms. The summed E-state index contributed by atoms with van der Waals surface area (Å²) in [5, 5.41) is 9.20. The standard InChI is InChI=1S/C18H17FN2O4/c1-9-6-14-16(18(25)20(9)3)12-5-4-11(19)7-13(12)10(2)17(24)21(14)8-15(22)23/h4-7,10H,8H2,1-3H3,(H,22,23). The van der Waals surface area contributed by atoms with Gasteiger partial charge < -0.3 is 9.67 Å². The number of halogens is 1. The number of carbonyl (C=O) groups is 2. The van der Waals surface area contributed by atoms with Crippen LogP contribution in [0, 0.1) is 12.7 Å². The van der Waals surface area contributed by atoms with Crippen molar-refractivity contribution in [2.24, 2.45) is 7.05 Å². The normalized spacial score (nSPS) is 16.2. The molecular formula is C18H17FN2O4. The largest absolute Gasteiger partial charge is 0.480 e. The lowest BCUT2D eigenvalue weighted by Crippen LogP contribution is -2.38. The molecule has 3 rings (SSSR count). The number of aliphatic carboxylic acids is 1. The van der Waals surface area contributed by atoms with E-state index in [2.05, 4.69) is 0 Å². The number of hydrogen-bond acceptors (Lipinski definition) is 3. The highest BCUT2D eigenvalue weighted by molar-refractivity contribution is 6.07. The van der Waals surface area contributed by atoms with E-state index in [0.717, 1.165) is 4.90 Å². The quantitative estimate of drug-likeness (QED) is 0.904. The highest BCUT2D eigenvalue weighted by Crippen LogP contribution is 2.39. The van der Waals surface area contributed by atoms with E-state index in [1.54, 1.807) is 27.0 Å². The predicted molar refractivity (Wildman–Crippen MR) is 90.2 cm³/mol. The molecule has 2 heterocycles. The number of benzene rings is 1. The van der Waals surface area contributed by atoms with Crippen LogP contribution in [0.4, 0.5) is 10.1 Å². The van der Waals surface area contributed by atoms with Gasteiger partial charge in [0.2, 0.25) is 5.91 Å². The second-order valence-corrected chi connectivity index (χ2v) is 6.18. The third kappa shape index (κ3) is 2.61. The monoisotopic (exact) mass is 344 g/mol. The number of pyridine rings is 1. The number of fused-ring (bicyclic) bond motifs is 3. The van der Waals surface area contributed by atoms with E-state index in [1.807, 2.05) is 0 Å². The molecule has 0 radical (unpaired) electrons. The Morgan fingerprint density at radius 1 is 1.28 bits per heavy atom. The Morgan fingerprint density at radius 3 is 2.60 bits per heavy atom. The molecule has 1 aromatic heterocycles. The molecule has 0 saturated carbocycles. The summed E-state index contributed by atoms with van der Waals surface area (Å²) >= 11 is 0. The maximum atomic E-state index is 13.8. The number of carbonyl (C=O) groups excluding carboxylic acids is 1. The maximum Gasteiger partial charge on any atom is 0.323 e. The summed E-state index contributed by atoms with van der Waals surface area (Å²) < 4.78 is 15.2. The first-order valence-electron chi connectivity index (χ1n) is 7.76. The van der Waals surface area contributed by atoms with Gasteiger partial charge in [-0.25, -0.2) is 4.39 Å². The maximum absolute atomic E-state index is 13.8. The van der Waals surface area contributed by atoms with Gasteiger partial charge in [-0.05, 0) is 43.2 Å². The molecule has 1 aromatic carbocycles. The summed E-state index contributed by atoms with van der Waals surface area (Å²) in [5.41, 5.74) is 1.50. The molecule has 0 fully saturated rings. The third-order valence-electron chi connectivity index (χ3n) is 4.62. The summed E-state index contributed by atoms with van der Waals surface area (Å²) in [6.45, 7) is 2.71. The molecule has 1 aliphatic rings. The lowest BCUT2D eigenvalue weighted by atomic mass is 9.92. The number of aromatic nitrogens is 1. The number of aryl methyl sites for hydroxylation is 1. The fraction of sp³-hybridized carbons (Fsp3) is 0.278. The van der Waals surface area contributed by atoms with Crippen LogP contribution in [0.25, 0.3) is 11.1 Å². The van der Waals surface area contributed by atoms with E-state index < -0.39 is 30.2 Å². The lowest BCUT2D eigenvalue weighted by molar-refractivity contribution is -0.136. The number of amides is 1. The first kappa shape index (κ1) is 16.9. The van der Waals surface area contributed by atoms with Gasteiger partial charge in [-0.1, -0.05) is 6.07 Å². The van der Waals surface area contributed by atoms with Crippen molar-refractivity contribution in [1.29, 1.82) is 0 Å². The Kier molecular flexibility index (Phi) is 3.94. The molecule has 0 saturated heterocycles. The summed E-state index contributed by atoms with van der Waals surface area (Å²) in [4.78, 5) is 38.1. The summed E-state index contributed by atoms with van der Waals surface area (Å²) in [5.74, 6) is -2.97. The van der Waals surface area contributed by atoms with Crippen molar-refractivity contribution in [2.75, 3.05) is 11.4 Å². The van der Waals surface area contributed by atoms with Gasteiger partial charge in [-0.3, -0.25) is 19.3 Å². The summed E-state index contributed by atoms with van der Waals surface area (Å²) in [6.07, 6.45) is 0. The molecule has 1 N–H and O–H groups in total. The Hall–Kier alpha value is -2.96. The van der Waals surface area contributed by atoms with Crippen LogP contribution < -0.4 is 10.5 Å². The molecule has 1 aliphatic heterocycles. The number of hydrogen-bond donors (Lipinski definition) is 1. The van der Waals surface area contributed by atoms with E-state index in [4.69, 9.17) is 0 Å². The molecule has 0 aliphatic carbocycles. The number of anilines is 1. The van der Waals surface area contributed by atoms with Gasteiger partial charge in [0.05, 0.1) is 17.2 Å². The Morgan fingerprint density at radius 2 is 1.96 bits per heavy atom. The minimum atomic E-state index is -1.19. The number of carboxylic acids is 1. The van der Waals surface area contributed by atoms with Crippen LogP contribution in [-0.2, 0) is 16.6 Å². The first-order chi connectivity index (χ1) is 11.7. The zero-order valence-corrected chi connectivity index (χ0v) is 14.0. The smallest absolute Gasteiger partial charge is 0.323 e. The van der Waals surface area contributed by atoms with Crippen molar-refractivity contribution < 1.29 is 19.1 Å². The third-order valence-corrected chi connectivity index (χ3v) is 4.62. The predicted octanol–water partition coefficient (Wildman–Crippen LogP) is 2.03. The molecule has 6 nitrogen and oxygen atoms in total.